The van der Waals surface area contributed by atoms with Crippen LogP contribution in [-0.4, -0.2) is 37.9 Å². The Kier molecular flexibility index (Phi) is 3.97. The second-order valence-electron chi connectivity index (χ2n) is 5.12. The highest BCUT2D eigenvalue weighted by molar-refractivity contribution is 5.77. The number of hydrogen-bond donors (Lipinski definition) is 1. The summed E-state index contributed by atoms with van der Waals surface area (Å²) in [4.78, 5) is 11.5. The van der Waals surface area contributed by atoms with E-state index in [1.165, 1.54) is 0 Å². The van der Waals surface area contributed by atoms with Crippen LogP contribution in [0.2, 0.25) is 0 Å². The van der Waals surface area contributed by atoms with Crippen LogP contribution >= 0.6 is 0 Å². The van der Waals surface area contributed by atoms with Crippen molar-refractivity contribution in [3.8, 4) is 0 Å². The Morgan fingerprint density at radius 2 is 2.06 bits per heavy atom. The number of methoxy groups -OCH3 is 1. The average molecular weight is 229 g/mol. The molecule has 2 atom stereocenters. The van der Waals surface area contributed by atoms with Crippen LogP contribution in [0.5, 0.6) is 0 Å². The summed E-state index contributed by atoms with van der Waals surface area (Å²) in [6, 6.07) is 0.172. The van der Waals surface area contributed by atoms with Gasteiger partial charge in [0.1, 0.15) is 6.61 Å². The average Bonchev–Trinajstić information content (AvgIpc) is 2.25. The van der Waals surface area contributed by atoms with Crippen molar-refractivity contribution in [2.75, 3.05) is 20.3 Å². The van der Waals surface area contributed by atoms with Crippen LogP contribution in [0, 0.1) is 5.41 Å². The van der Waals surface area contributed by atoms with Crippen molar-refractivity contribution in [3.63, 3.8) is 0 Å². The van der Waals surface area contributed by atoms with Crippen LogP contribution < -0.4 is 5.32 Å². The Balaban J connectivity index is 2.45. The van der Waals surface area contributed by atoms with Gasteiger partial charge in [-0.25, -0.2) is 0 Å². The highest BCUT2D eigenvalue weighted by atomic mass is 16.5. The lowest BCUT2D eigenvalue weighted by Gasteiger charge is -2.59. The fourth-order valence-electron chi connectivity index (χ4n) is 2.15. The summed E-state index contributed by atoms with van der Waals surface area (Å²) in [7, 11) is 1.72. The molecule has 1 amide bonds. The van der Waals surface area contributed by atoms with Crippen LogP contribution in [0.3, 0.4) is 0 Å². The highest BCUT2D eigenvalue weighted by Crippen LogP contribution is 2.51. The van der Waals surface area contributed by atoms with Crippen molar-refractivity contribution in [2.24, 2.45) is 5.41 Å². The van der Waals surface area contributed by atoms with Gasteiger partial charge in [-0.1, -0.05) is 13.8 Å². The molecule has 1 saturated carbocycles. The van der Waals surface area contributed by atoms with Crippen molar-refractivity contribution in [1.82, 2.24) is 5.32 Å². The molecule has 0 aliphatic heterocycles. The summed E-state index contributed by atoms with van der Waals surface area (Å²) in [6.07, 6.45) is 0.856. The SMILES string of the molecule is CCOCC(=O)NC1CC(C)(OC)C1(C)C. The Morgan fingerprint density at radius 3 is 2.50 bits per heavy atom. The van der Waals surface area contributed by atoms with Crippen molar-refractivity contribution >= 4 is 5.91 Å². The fraction of sp³-hybridized carbons (Fsp3) is 0.917. The first-order valence-corrected chi connectivity index (χ1v) is 5.79. The van der Waals surface area contributed by atoms with Gasteiger partial charge < -0.3 is 14.8 Å². The van der Waals surface area contributed by atoms with E-state index in [0.29, 0.717) is 6.61 Å². The Bertz CT molecular complexity index is 265. The molecule has 2 unspecified atom stereocenters. The van der Waals surface area contributed by atoms with Crippen molar-refractivity contribution in [1.29, 1.82) is 0 Å². The molecule has 4 nitrogen and oxygen atoms in total. The molecule has 1 rings (SSSR count). The van der Waals surface area contributed by atoms with Gasteiger partial charge in [0.05, 0.1) is 5.60 Å². The number of carbonyl (C=O) groups excluding carboxylic acids is 1. The first kappa shape index (κ1) is 13.5. The monoisotopic (exact) mass is 229 g/mol. The van der Waals surface area contributed by atoms with Crippen LogP contribution in [0.15, 0.2) is 0 Å². The van der Waals surface area contributed by atoms with E-state index in [1.54, 1.807) is 7.11 Å². The van der Waals surface area contributed by atoms with Crippen LogP contribution in [0.4, 0.5) is 0 Å². The molecule has 0 aromatic heterocycles. The molecule has 0 heterocycles. The topological polar surface area (TPSA) is 47.6 Å². The van der Waals surface area contributed by atoms with E-state index in [2.05, 4.69) is 26.1 Å². The van der Waals surface area contributed by atoms with Crippen LogP contribution in [0.25, 0.3) is 0 Å². The first-order chi connectivity index (χ1) is 7.37. The summed E-state index contributed by atoms with van der Waals surface area (Å²) in [6.45, 7) is 8.90. The number of ether oxygens (including phenoxy) is 2. The van der Waals surface area contributed by atoms with E-state index in [4.69, 9.17) is 9.47 Å². The largest absolute Gasteiger partial charge is 0.378 e. The smallest absolute Gasteiger partial charge is 0.246 e. The zero-order valence-corrected chi connectivity index (χ0v) is 10.9. The standard InChI is InChI=1S/C12H23NO3/c1-6-16-8-10(14)13-9-7-12(4,15-5)11(9,2)3/h9H,6-8H2,1-5H3,(H,13,14). The minimum Gasteiger partial charge on any atom is -0.378 e. The molecule has 0 aromatic rings. The molecule has 1 fully saturated rings. The first-order valence-electron chi connectivity index (χ1n) is 5.79. The van der Waals surface area contributed by atoms with E-state index >= 15 is 0 Å². The van der Waals surface area contributed by atoms with Gasteiger partial charge in [0.15, 0.2) is 0 Å². The molecule has 94 valence electrons. The second-order valence-corrected chi connectivity index (χ2v) is 5.12. The molecule has 0 saturated heterocycles. The normalized spacial score (nSPS) is 31.9. The molecule has 4 heteroatoms. The van der Waals surface area contributed by atoms with E-state index in [1.807, 2.05) is 6.92 Å². The number of nitrogens with one attached hydrogen (secondary N) is 1. The third-order valence-electron chi connectivity index (χ3n) is 4.05. The third-order valence-corrected chi connectivity index (χ3v) is 4.05. The van der Waals surface area contributed by atoms with Gasteiger partial charge in [0.2, 0.25) is 5.91 Å². The minimum absolute atomic E-state index is 0.0381. The molecule has 1 N–H and O–H groups in total. The number of hydrogen-bond acceptors (Lipinski definition) is 3. The lowest BCUT2D eigenvalue weighted by atomic mass is 9.56. The summed E-state index contributed by atoms with van der Waals surface area (Å²) >= 11 is 0. The summed E-state index contributed by atoms with van der Waals surface area (Å²) < 4.78 is 10.6. The molecular formula is C12H23NO3. The van der Waals surface area contributed by atoms with E-state index in [-0.39, 0.29) is 29.6 Å². The number of carbonyl (C=O) groups is 1. The molecule has 0 bridgehead atoms. The minimum atomic E-state index is -0.142. The van der Waals surface area contributed by atoms with Gasteiger partial charge in [0.25, 0.3) is 0 Å². The maximum absolute atomic E-state index is 11.5. The summed E-state index contributed by atoms with van der Waals surface area (Å²) in [5.74, 6) is -0.0434. The predicted octanol–water partition coefficient (Wildman–Crippen LogP) is 1.34. The predicted molar refractivity (Wildman–Crippen MR) is 62.2 cm³/mol. The summed E-state index contributed by atoms with van der Waals surface area (Å²) in [5, 5.41) is 2.99. The molecule has 1 aliphatic rings. The lowest BCUT2D eigenvalue weighted by molar-refractivity contribution is -0.183. The number of amides is 1. The Morgan fingerprint density at radius 1 is 1.44 bits per heavy atom. The molecule has 0 radical (unpaired) electrons. The quantitative estimate of drug-likeness (QED) is 0.774. The van der Waals surface area contributed by atoms with Gasteiger partial charge in [-0.2, -0.15) is 0 Å². The van der Waals surface area contributed by atoms with E-state index in [9.17, 15) is 4.79 Å². The zero-order chi connectivity index (χ0) is 12.4. The van der Waals surface area contributed by atoms with Gasteiger partial charge >= 0.3 is 0 Å². The van der Waals surface area contributed by atoms with Gasteiger partial charge in [0, 0.05) is 25.2 Å². The van der Waals surface area contributed by atoms with Gasteiger partial charge in [-0.15, -0.1) is 0 Å². The van der Waals surface area contributed by atoms with Crippen LogP contribution in [0.1, 0.15) is 34.1 Å². The lowest BCUT2D eigenvalue weighted by Crippen LogP contribution is -2.68. The van der Waals surface area contributed by atoms with E-state index in [0.717, 1.165) is 6.42 Å². The highest BCUT2D eigenvalue weighted by Gasteiger charge is 2.58. The molecule has 16 heavy (non-hydrogen) atoms. The third kappa shape index (κ3) is 2.23. The maximum atomic E-state index is 11.5. The summed E-state index contributed by atoms with van der Waals surface area (Å²) in [5.41, 5.74) is -0.180. The molecule has 0 spiro atoms. The Hall–Kier alpha value is -0.610. The fourth-order valence-corrected chi connectivity index (χ4v) is 2.15. The molecule has 0 aromatic carbocycles. The second kappa shape index (κ2) is 4.72. The Labute approximate surface area is 97.7 Å². The van der Waals surface area contributed by atoms with Crippen molar-refractivity contribution in [2.45, 2.75) is 45.8 Å². The van der Waals surface area contributed by atoms with Gasteiger partial charge in [-0.3, -0.25) is 4.79 Å². The van der Waals surface area contributed by atoms with Crippen LogP contribution in [-0.2, 0) is 14.3 Å². The molecular weight excluding hydrogens is 206 g/mol. The van der Waals surface area contributed by atoms with Gasteiger partial charge in [-0.05, 0) is 20.3 Å². The van der Waals surface area contributed by atoms with Crippen molar-refractivity contribution < 1.29 is 14.3 Å². The number of rotatable bonds is 5. The van der Waals surface area contributed by atoms with E-state index < -0.39 is 0 Å². The van der Waals surface area contributed by atoms with Crippen molar-refractivity contribution in [3.05, 3.63) is 0 Å². The maximum Gasteiger partial charge on any atom is 0.246 e. The zero-order valence-electron chi connectivity index (χ0n) is 10.9. The molecule has 1 aliphatic carbocycles.